The molecule has 4 nitrogen and oxygen atoms in total. The molecule has 1 aliphatic rings. The first kappa shape index (κ1) is 17.0. The maximum absolute atomic E-state index is 10.5. The number of alkyl halides is 1. The van der Waals surface area contributed by atoms with Gasteiger partial charge in [-0.25, -0.2) is 4.99 Å². The van der Waals surface area contributed by atoms with Crippen LogP contribution in [0.25, 0.3) is 0 Å². The third-order valence-electron chi connectivity index (χ3n) is 4.01. The molecule has 4 atom stereocenters. The first-order valence-corrected chi connectivity index (χ1v) is 8.29. The highest BCUT2D eigenvalue weighted by Gasteiger charge is 2.37. The summed E-state index contributed by atoms with van der Waals surface area (Å²) in [6, 6.07) is 18.9. The summed E-state index contributed by atoms with van der Waals surface area (Å²) in [6.45, 7) is 0.425. The average molecular weight is 346 g/mol. The highest BCUT2D eigenvalue weighted by Crippen LogP contribution is 2.34. The molecule has 0 spiro atoms. The van der Waals surface area contributed by atoms with Gasteiger partial charge in [0.25, 0.3) is 0 Å². The molecule has 2 aromatic rings. The van der Waals surface area contributed by atoms with E-state index in [-0.39, 0.29) is 12.1 Å². The molecule has 126 valence electrons. The zero-order valence-electron chi connectivity index (χ0n) is 13.4. The fourth-order valence-electron chi connectivity index (χ4n) is 2.79. The van der Waals surface area contributed by atoms with Crippen LogP contribution >= 0.6 is 11.6 Å². The maximum Gasteiger partial charge on any atom is 0.206 e. The van der Waals surface area contributed by atoms with Gasteiger partial charge in [-0.15, -0.1) is 11.6 Å². The Morgan fingerprint density at radius 3 is 2.38 bits per heavy atom. The van der Waals surface area contributed by atoms with E-state index in [9.17, 15) is 5.11 Å². The summed E-state index contributed by atoms with van der Waals surface area (Å²) < 4.78 is 11.3. The predicted molar refractivity (Wildman–Crippen MR) is 94.4 cm³/mol. The predicted octanol–water partition coefficient (Wildman–Crippen LogP) is 3.51. The molecule has 0 aromatic heterocycles. The van der Waals surface area contributed by atoms with E-state index < -0.39 is 11.5 Å². The Morgan fingerprint density at radius 2 is 1.75 bits per heavy atom. The lowest BCUT2D eigenvalue weighted by molar-refractivity contribution is 0.114. The first-order chi connectivity index (χ1) is 11.7. The van der Waals surface area contributed by atoms with Crippen LogP contribution in [-0.4, -0.2) is 36.1 Å². The van der Waals surface area contributed by atoms with Crippen molar-refractivity contribution < 1.29 is 14.6 Å². The van der Waals surface area contributed by atoms with Gasteiger partial charge in [-0.05, 0) is 11.1 Å². The van der Waals surface area contributed by atoms with Crippen molar-refractivity contribution in [1.82, 2.24) is 0 Å². The molecule has 0 saturated heterocycles. The summed E-state index contributed by atoms with van der Waals surface area (Å²) in [5.74, 6) is 0.351. The van der Waals surface area contributed by atoms with Crippen LogP contribution in [0.3, 0.4) is 0 Å². The van der Waals surface area contributed by atoms with Crippen molar-refractivity contribution in [2.75, 3.05) is 13.7 Å². The van der Waals surface area contributed by atoms with Crippen molar-refractivity contribution >= 4 is 17.5 Å². The second kappa shape index (κ2) is 7.79. The molecular weight excluding hydrogens is 326 g/mol. The van der Waals surface area contributed by atoms with E-state index in [2.05, 4.69) is 4.99 Å². The Balaban J connectivity index is 1.79. The minimum atomic E-state index is -0.885. The van der Waals surface area contributed by atoms with Crippen LogP contribution in [0, 0.1) is 0 Å². The number of hydrogen-bond donors (Lipinski definition) is 1. The second-order valence-corrected chi connectivity index (χ2v) is 6.17. The van der Waals surface area contributed by atoms with Crippen LogP contribution in [0.4, 0.5) is 0 Å². The molecule has 0 fully saturated rings. The summed E-state index contributed by atoms with van der Waals surface area (Å²) in [5.41, 5.74) is 1.74. The maximum atomic E-state index is 10.5. The van der Waals surface area contributed by atoms with Gasteiger partial charge in [0.15, 0.2) is 0 Å². The number of aliphatic imine (C=N–C) groups is 1. The van der Waals surface area contributed by atoms with E-state index in [0.29, 0.717) is 12.5 Å². The van der Waals surface area contributed by atoms with Gasteiger partial charge in [0.2, 0.25) is 5.90 Å². The van der Waals surface area contributed by atoms with E-state index in [0.717, 1.165) is 11.1 Å². The van der Waals surface area contributed by atoms with Gasteiger partial charge in [0.05, 0.1) is 6.61 Å². The Hall–Kier alpha value is -1.88. The molecule has 0 saturated carbocycles. The number of aliphatic hydroxyl groups is 1. The molecule has 3 rings (SSSR count). The molecule has 0 radical (unpaired) electrons. The molecule has 2 aromatic carbocycles. The van der Waals surface area contributed by atoms with E-state index in [4.69, 9.17) is 21.1 Å². The fourth-order valence-corrected chi connectivity index (χ4v) is 3.04. The van der Waals surface area contributed by atoms with Crippen LogP contribution in [0.5, 0.6) is 0 Å². The lowest BCUT2D eigenvalue weighted by Gasteiger charge is -2.20. The molecule has 0 aliphatic carbocycles. The first-order valence-electron chi connectivity index (χ1n) is 7.86. The lowest BCUT2D eigenvalue weighted by Crippen LogP contribution is -2.24. The van der Waals surface area contributed by atoms with Gasteiger partial charge in [-0.2, -0.15) is 0 Å². The van der Waals surface area contributed by atoms with Crippen molar-refractivity contribution in [1.29, 1.82) is 0 Å². The number of hydrogen-bond acceptors (Lipinski definition) is 4. The fraction of sp³-hybridized carbons (Fsp3) is 0.316. The third-order valence-corrected chi connectivity index (χ3v) is 4.44. The minimum absolute atomic E-state index is 0.184. The van der Waals surface area contributed by atoms with Crippen LogP contribution in [0.2, 0.25) is 0 Å². The van der Waals surface area contributed by atoms with Gasteiger partial charge < -0.3 is 14.6 Å². The SMILES string of the molecule is COC[C@@H]1N=C(C(Cl)C(O)c2ccccc2)O[C@H]1c1ccccc1. The summed E-state index contributed by atoms with van der Waals surface area (Å²) in [7, 11) is 1.63. The van der Waals surface area contributed by atoms with Crippen molar-refractivity contribution in [3.8, 4) is 0 Å². The highest BCUT2D eigenvalue weighted by atomic mass is 35.5. The second-order valence-electron chi connectivity index (χ2n) is 5.70. The Kier molecular flexibility index (Phi) is 5.51. The number of nitrogens with zero attached hydrogens (tertiary/aromatic N) is 1. The number of benzene rings is 2. The third kappa shape index (κ3) is 3.61. The zero-order chi connectivity index (χ0) is 16.9. The summed E-state index contributed by atoms with van der Waals surface area (Å²) >= 11 is 6.44. The van der Waals surface area contributed by atoms with E-state index >= 15 is 0 Å². The van der Waals surface area contributed by atoms with Gasteiger partial charge in [0.1, 0.15) is 23.6 Å². The smallest absolute Gasteiger partial charge is 0.206 e. The lowest BCUT2D eigenvalue weighted by atomic mass is 10.0. The van der Waals surface area contributed by atoms with Crippen LogP contribution in [0.1, 0.15) is 23.3 Å². The van der Waals surface area contributed by atoms with Gasteiger partial charge in [0, 0.05) is 7.11 Å². The summed E-state index contributed by atoms with van der Waals surface area (Å²) in [5, 5.41) is 9.75. The number of rotatable bonds is 6. The van der Waals surface area contributed by atoms with Gasteiger partial charge in [-0.3, -0.25) is 0 Å². The molecular formula is C19H20ClNO3. The molecule has 24 heavy (non-hydrogen) atoms. The molecule has 2 unspecified atom stereocenters. The molecule has 1 aliphatic heterocycles. The number of halogens is 1. The van der Waals surface area contributed by atoms with Gasteiger partial charge in [-0.1, -0.05) is 60.7 Å². The Labute approximate surface area is 146 Å². The van der Waals surface area contributed by atoms with Crippen molar-refractivity contribution in [3.05, 3.63) is 71.8 Å². The van der Waals surface area contributed by atoms with Crippen LogP contribution in [0.15, 0.2) is 65.7 Å². The number of ether oxygens (including phenoxy) is 2. The van der Waals surface area contributed by atoms with Crippen LogP contribution < -0.4 is 0 Å². The minimum Gasteiger partial charge on any atom is -0.469 e. The Bertz CT molecular complexity index is 678. The summed E-state index contributed by atoms with van der Waals surface area (Å²) in [4.78, 5) is 4.56. The topological polar surface area (TPSA) is 51.0 Å². The largest absolute Gasteiger partial charge is 0.469 e. The monoisotopic (exact) mass is 345 g/mol. The van der Waals surface area contributed by atoms with Crippen LogP contribution in [-0.2, 0) is 9.47 Å². The molecule has 0 amide bonds. The van der Waals surface area contributed by atoms with Crippen molar-refractivity contribution in [2.45, 2.75) is 23.6 Å². The van der Waals surface area contributed by atoms with Gasteiger partial charge >= 0.3 is 0 Å². The average Bonchev–Trinajstić information content (AvgIpc) is 3.06. The summed E-state index contributed by atoms with van der Waals surface area (Å²) in [6.07, 6.45) is -1.14. The molecule has 0 bridgehead atoms. The zero-order valence-corrected chi connectivity index (χ0v) is 14.1. The van der Waals surface area contributed by atoms with E-state index in [1.165, 1.54) is 0 Å². The Morgan fingerprint density at radius 1 is 1.12 bits per heavy atom. The standard InChI is InChI=1S/C19H20ClNO3/c1-23-12-15-18(14-10-6-3-7-11-14)24-19(21-15)16(20)17(22)13-8-4-2-5-9-13/h2-11,15-18,22H,12H2,1H3/t15-,16?,17?,18-/m0/s1. The molecule has 5 heteroatoms. The molecule has 1 heterocycles. The highest BCUT2D eigenvalue weighted by molar-refractivity contribution is 6.31. The van der Waals surface area contributed by atoms with Crippen molar-refractivity contribution in [2.24, 2.45) is 4.99 Å². The molecule has 1 N–H and O–H groups in total. The number of aliphatic hydroxyl groups excluding tert-OH is 1. The van der Waals surface area contributed by atoms with E-state index in [1.807, 2.05) is 60.7 Å². The number of methoxy groups -OCH3 is 1. The normalized spacial score (nSPS) is 22.5. The quantitative estimate of drug-likeness (QED) is 0.815. The van der Waals surface area contributed by atoms with Crippen molar-refractivity contribution in [3.63, 3.8) is 0 Å². The van der Waals surface area contributed by atoms with E-state index in [1.54, 1.807) is 7.11 Å².